The van der Waals surface area contributed by atoms with Crippen LogP contribution in [-0.4, -0.2) is 33.5 Å². The van der Waals surface area contributed by atoms with Gasteiger partial charge < -0.3 is 15.4 Å². The molecule has 1 amide bonds. The Morgan fingerprint density at radius 3 is 2.61 bits per heavy atom. The Morgan fingerprint density at radius 1 is 1.50 bits per heavy atom. The van der Waals surface area contributed by atoms with Gasteiger partial charge in [-0.1, -0.05) is 27.7 Å². The van der Waals surface area contributed by atoms with Gasteiger partial charge in [0.2, 0.25) is 0 Å². The Morgan fingerprint density at radius 2 is 2.11 bits per heavy atom. The van der Waals surface area contributed by atoms with E-state index in [0.717, 1.165) is 0 Å². The fourth-order valence-electron chi connectivity index (χ4n) is 1.27. The first-order valence-electron chi connectivity index (χ1n) is 5.78. The van der Waals surface area contributed by atoms with E-state index in [9.17, 15) is 9.59 Å². The maximum Gasteiger partial charge on any atom is 0.354 e. The molecular formula is C12H19N3O3. The molecule has 1 heterocycles. The maximum absolute atomic E-state index is 11.8. The average Bonchev–Trinajstić information content (AvgIpc) is 2.72. The Kier molecular flexibility index (Phi) is 4.11. The molecule has 0 saturated carbocycles. The zero-order valence-corrected chi connectivity index (χ0v) is 11.1. The number of nitrogens with one attached hydrogen (secondary N) is 2. The van der Waals surface area contributed by atoms with Gasteiger partial charge in [0, 0.05) is 6.54 Å². The smallest absolute Gasteiger partial charge is 0.354 e. The summed E-state index contributed by atoms with van der Waals surface area (Å²) in [6.45, 7) is 8.76. The van der Waals surface area contributed by atoms with Crippen LogP contribution in [0.5, 0.6) is 0 Å². The normalized spacial score (nSPS) is 13.1. The van der Waals surface area contributed by atoms with E-state index < -0.39 is 11.9 Å². The summed E-state index contributed by atoms with van der Waals surface area (Å²) in [5, 5.41) is 11.6. The van der Waals surface area contributed by atoms with Crippen LogP contribution >= 0.6 is 0 Å². The molecule has 6 heteroatoms. The highest BCUT2D eigenvalue weighted by atomic mass is 16.4. The summed E-state index contributed by atoms with van der Waals surface area (Å²) < 4.78 is 0. The van der Waals surface area contributed by atoms with Gasteiger partial charge in [-0.15, -0.1) is 0 Å². The van der Waals surface area contributed by atoms with Crippen LogP contribution in [0.4, 0.5) is 0 Å². The number of aromatic nitrogens is 2. The molecule has 0 aliphatic heterocycles. The van der Waals surface area contributed by atoms with E-state index in [-0.39, 0.29) is 22.7 Å². The maximum atomic E-state index is 11.8. The minimum absolute atomic E-state index is 0.0779. The number of rotatable bonds is 4. The molecule has 0 radical (unpaired) electrons. The lowest BCUT2D eigenvalue weighted by molar-refractivity contribution is 0.0684. The van der Waals surface area contributed by atoms with E-state index in [2.05, 4.69) is 36.1 Å². The fourth-order valence-corrected chi connectivity index (χ4v) is 1.27. The van der Waals surface area contributed by atoms with Crippen molar-refractivity contribution in [1.82, 2.24) is 15.3 Å². The van der Waals surface area contributed by atoms with Crippen LogP contribution in [0.2, 0.25) is 0 Å². The fraction of sp³-hybridized carbons (Fsp3) is 0.583. The van der Waals surface area contributed by atoms with Crippen LogP contribution in [0.1, 0.15) is 48.7 Å². The van der Waals surface area contributed by atoms with Gasteiger partial charge in [-0.3, -0.25) is 4.79 Å². The highest BCUT2D eigenvalue weighted by molar-refractivity contribution is 6.02. The van der Waals surface area contributed by atoms with E-state index in [1.807, 2.05) is 6.92 Å². The van der Waals surface area contributed by atoms with Crippen LogP contribution in [0.25, 0.3) is 0 Å². The van der Waals surface area contributed by atoms with Crippen molar-refractivity contribution < 1.29 is 14.7 Å². The number of carboxylic acids is 1. The Balaban J connectivity index is 2.67. The second-order valence-corrected chi connectivity index (χ2v) is 5.41. The summed E-state index contributed by atoms with van der Waals surface area (Å²) in [6, 6.07) is 0. The quantitative estimate of drug-likeness (QED) is 0.758. The molecule has 0 spiro atoms. The van der Waals surface area contributed by atoms with E-state index >= 15 is 0 Å². The Bertz CT molecular complexity index is 446. The lowest BCUT2D eigenvalue weighted by Gasteiger charge is -2.27. The van der Waals surface area contributed by atoms with Gasteiger partial charge in [-0.05, 0) is 11.3 Å². The summed E-state index contributed by atoms with van der Waals surface area (Å²) in [6.07, 6.45) is 1.20. The molecule has 0 aromatic carbocycles. The number of aromatic amines is 1. The Hall–Kier alpha value is -1.85. The molecule has 1 aromatic heterocycles. The first kappa shape index (κ1) is 14.2. The molecule has 1 unspecified atom stereocenters. The van der Waals surface area contributed by atoms with Gasteiger partial charge >= 0.3 is 5.97 Å². The minimum Gasteiger partial charge on any atom is -0.477 e. The highest BCUT2D eigenvalue weighted by Gasteiger charge is 2.23. The average molecular weight is 253 g/mol. The third-order valence-corrected chi connectivity index (χ3v) is 3.12. The highest BCUT2D eigenvalue weighted by Crippen LogP contribution is 2.24. The van der Waals surface area contributed by atoms with Gasteiger partial charge in [0.15, 0.2) is 11.4 Å². The molecule has 0 saturated heterocycles. The number of carbonyl (C=O) groups is 2. The van der Waals surface area contributed by atoms with Crippen molar-refractivity contribution in [2.24, 2.45) is 11.3 Å². The molecule has 1 atom stereocenters. The number of hydrogen-bond acceptors (Lipinski definition) is 3. The van der Waals surface area contributed by atoms with Gasteiger partial charge in [0.25, 0.3) is 5.91 Å². The molecule has 0 aliphatic carbocycles. The second-order valence-electron chi connectivity index (χ2n) is 5.41. The number of carbonyl (C=O) groups excluding carboxylic acids is 1. The predicted molar refractivity (Wildman–Crippen MR) is 66.5 cm³/mol. The van der Waals surface area contributed by atoms with Crippen LogP contribution in [0.3, 0.4) is 0 Å². The first-order valence-corrected chi connectivity index (χ1v) is 5.78. The van der Waals surface area contributed by atoms with Gasteiger partial charge in [-0.2, -0.15) is 0 Å². The first-order chi connectivity index (χ1) is 8.23. The van der Waals surface area contributed by atoms with E-state index in [1.54, 1.807) is 0 Å². The third kappa shape index (κ3) is 3.32. The lowest BCUT2D eigenvalue weighted by atomic mass is 9.82. The number of aromatic carboxylic acids is 1. The van der Waals surface area contributed by atoms with Gasteiger partial charge in [-0.25, -0.2) is 9.78 Å². The van der Waals surface area contributed by atoms with Crippen molar-refractivity contribution in [2.75, 3.05) is 6.54 Å². The lowest BCUT2D eigenvalue weighted by Crippen LogP contribution is -2.34. The molecular weight excluding hydrogens is 234 g/mol. The summed E-state index contributed by atoms with van der Waals surface area (Å²) >= 11 is 0. The third-order valence-electron chi connectivity index (χ3n) is 3.12. The van der Waals surface area contributed by atoms with Crippen molar-refractivity contribution in [3.63, 3.8) is 0 Å². The zero-order valence-electron chi connectivity index (χ0n) is 11.1. The van der Waals surface area contributed by atoms with Gasteiger partial charge in [0.05, 0.1) is 6.33 Å². The summed E-state index contributed by atoms with van der Waals surface area (Å²) in [5.74, 6) is -1.39. The van der Waals surface area contributed by atoms with Crippen LogP contribution in [0, 0.1) is 11.3 Å². The molecule has 0 fully saturated rings. The van der Waals surface area contributed by atoms with Crippen LogP contribution in [0.15, 0.2) is 6.33 Å². The van der Waals surface area contributed by atoms with Crippen molar-refractivity contribution in [3.8, 4) is 0 Å². The molecule has 1 rings (SSSR count). The van der Waals surface area contributed by atoms with E-state index in [0.29, 0.717) is 6.54 Å². The van der Waals surface area contributed by atoms with Crippen molar-refractivity contribution >= 4 is 11.9 Å². The zero-order chi connectivity index (χ0) is 13.9. The topological polar surface area (TPSA) is 95.1 Å². The van der Waals surface area contributed by atoms with Crippen molar-refractivity contribution in [2.45, 2.75) is 27.7 Å². The largest absolute Gasteiger partial charge is 0.477 e. The molecule has 18 heavy (non-hydrogen) atoms. The van der Waals surface area contributed by atoms with Crippen LogP contribution < -0.4 is 5.32 Å². The monoisotopic (exact) mass is 253 g/mol. The molecule has 0 bridgehead atoms. The second kappa shape index (κ2) is 5.20. The summed E-state index contributed by atoms with van der Waals surface area (Å²) in [5.41, 5.74) is -0.186. The van der Waals surface area contributed by atoms with Crippen molar-refractivity contribution in [3.05, 3.63) is 17.7 Å². The molecule has 6 nitrogen and oxygen atoms in total. The minimum atomic E-state index is -1.19. The predicted octanol–water partition coefficient (Wildman–Crippen LogP) is 1.52. The standard InChI is InChI=1S/C12H19N3O3/c1-7(12(2,3)4)5-13-10(16)8-9(11(17)18)15-6-14-8/h6-7H,5H2,1-4H3,(H,13,16)(H,14,15)(H,17,18). The summed E-state index contributed by atoms with van der Waals surface area (Å²) in [4.78, 5) is 28.8. The van der Waals surface area contributed by atoms with E-state index in [1.165, 1.54) is 6.33 Å². The molecule has 100 valence electrons. The number of hydrogen-bond donors (Lipinski definition) is 3. The number of nitrogens with zero attached hydrogens (tertiary/aromatic N) is 1. The van der Waals surface area contributed by atoms with E-state index in [4.69, 9.17) is 5.11 Å². The SMILES string of the molecule is CC(CNC(=O)c1nc[nH]c1C(=O)O)C(C)(C)C. The molecule has 3 N–H and O–H groups in total. The molecule has 0 aliphatic rings. The number of imidazole rings is 1. The Labute approximate surface area is 106 Å². The number of H-pyrrole nitrogens is 1. The van der Waals surface area contributed by atoms with Gasteiger partial charge in [0.1, 0.15) is 0 Å². The van der Waals surface area contributed by atoms with Crippen LogP contribution in [-0.2, 0) is 0 Å². The van der Waals surface area contributed by atoms with Crippen molar-refractivity contribution in [1.29, 1.82) is 0 Å². The summed E-state index contributed by atoms with van der Waals surface area (Å²) in [7, 11) is 0. The number of carboxylic acid groups (broad SMARTS) is 1. The molecule has 1 aromatic rings. The number of amides is 1.